The van der Waals surface area contributed by atoms with Crippen molar-refractivity contribution in [2.24, 2.45) is 5.92 Å². The van der Waals surface area contributed by atoms with Crippen LogP contribution in [-0.4, -0.2) is 45.2 Å². The number of nitrogens with zero attached hydrogens (tertiary/aromatic N) is 1. The molecule has 1 fully saturated rings. The molecule has 0 spiro atoms. The Morgan fingerprint density at radius 1 is 1.23 bits per heavy atom. The van der Waals surface area contributed by atoms with Gasteiger partial charge in [0.15, 0.2) is 0 Å². The van der Waals surface area contributed by atoms with Gasteiger partial charge >= 0.3 is 5.69 Å². The van der Waals surface area contributed by atoms with Crippen molar-refractivity contribution in [3.05, 3.63) is 32.6 Å². The second-order valence-corrected chi connectivity index (χ2v) is 7.32. The molecule has 1 heterocycles. The van der Waals surface area contributed by atoms with E-state index in [1.54, 1.807) is 6.92 Å². The predicted octanol–water partition coefficient (Wildman–Crippen LogP) is 1.50. The zero-order valence-electron chi connectivity index (χ0n) is 15.8. The van der Waals surface area contributed by atoms with Crippen LogP contribution in [0.15, 0.2) is 15.8 Å². The lowest BCUT2D eigenvalue weighted by atomic mass is 10.1. The fourth-order valence-corrected chi connectivity index (χ4v) is 3.68. The van der Waals surface area contributed by atoms with Gasteiger partial charge in [-0.25, -0.2) is 4.79 Å². The summed E-state index contributed by atoms with van der Waals surface area (Å²) in [6, 6.07) is -0.398. The van der Waals surface area contributed by atoms with Crippen molar-refractivity contribution >= 4 is 0 Å². The molecule has 1 aromatic rings. The van der Waals surface area contributed by atoms with Crippen LogP contribution in [0.3, 0.4) is 0 Å². The van der Waals surface area contributed by atoms with E-state index in [0.29, 0.717) is 18.6 Å². The summed E-state index contributed by atoms with van der Waals surface area (Å²) in [6.07, 6.45) is 7.39. The molecule has 1 aromatic heterocycles. The monoisotopic (exact) mass is 368 g/mol. The quantitative estimate of drug-likeness (QED) is 0.543. The van der Waals surface area contributed by atoms with Crippen LogP contribution < -0.4 is 11.2 Å². The first kappa shape index (κ1) is 20.9. The number of aromatic amines is 1. The molecule has 0 amide bonds. The summed E-state index contributed by atoms with van der Waals surface area (Å²) in [5.41, 5.74) is -0.487. The van der Waals surface area contributed by atoms with E-state index in [1.807, 2.05) is 0 Å². The van der Waals surface area contributed by atoms with Crippen molar-refractivity contribution in [2.75, 3.05) is 13.2 Å². The first-order chi connectivity index (χ1) is 12.5. The molecule has 26 heavy (non-hydrogen) atoms. The molecule has 0 radical (unpaired) electrons. The second kappa shape index (κ2) is 10.0. The van der Waals surface area contributed by atoms with E-state index in [-0.39, 0.29) is 12.5 Å². The Labute approximate surface area is 154 Å². The van der Waals surface area contributed by atoms with Gasteiger partial charge in [0.1, 0.15) is 6.10 Å². The zero-order valence-corrected chi connectivity index (χ0v) is 15.8. The number of rotatable bonds is 10. The van der Waals surface area contributed by atoms with Gasteiger partial charge in [-0.2, -0.15) is 0 Å². The minimum atomic E-state index is -0.829. The van der Waals surface area contributed by atoms with Gasteiger partial charge in [0.25, 0.3) is 5.56 Å². The maximum Gasteiger partial charge on any atom is 0.328 e. The van der Waals surface area contributed by atoms with Crippen molar-refractivity contribution in [1.82, 2.24) is 9.55 Å². The lowest BCUT2D eigenvalue weighted by Gasteiger charge is -2.24. The number of nitrogens with one attached hydrogen (secondary N) is 1. The smallest absolute Gasteiger partial charge is 0.328 e. The molecule has 7 nitrogen and oxygen atoms in total. The molecule has 0 aromatic carbocycles. The summed E-state index contributed by atoms with van der Waals surface area (Å²) in [7, 11) is 0. The normalized spacial score (nSPS) is 25.7. The summed E-state index contributed by atoms with van der Waals surface area (Å²) in [5.74, 6) is -0.339. The third-order valence-electron chi connectivity index (χ3n) is 5.29. The van der Waals surface area contributed by atoms with Crippen LogP contribution in [0.4, 0.5) is 0 Å². The van der Waals surface area contributed by atoms with Crippen LogP contribution in [0, 0.1) is 12.8 Å². The van der Waals surface area contributed by atoms with Crippen LogP contribution in [0.5, 0.6) is 0 Å². The minimum absolute atomic E-state index is 0.161. The number of aliphatic hydroxyl groups excluding tert-OH is 2. The molecule has 1 aliphatic rings. The highest BCUT2D eigenvalue weighted by Gasteiger charge is 2.44. The minimum Gasteiger partial charge on any atom is -0.396 e. The zero-order chi connectivity index (χ0) is 19.1. The third-order valence-corrected chi connectivity index (χ3v) is 5.29. The van der Waals surface area contributed by atoms with Gasteiger partial charge in [-0.3, -0.25) is 14.3 Å². The molecule has 3 N–H and O–H groups in total. The van der Waals surface area contributed by atoms with E-state index in [9.17, 15) is 19.8 Å². The van der Waals surface area contributed by atoms with Crippen molar-refractivity contribution in [3.63, 3.8) is 0 Å². The molecular weight excluding hydrogens is 336 g/mol. The number of unbranched alkanes of at least 4 members (excludes halogenated alkanes) is 5. The maximum atomic E-state index is 12.2. The van der Waals surface area contributed by atoms with Crippen molar-refractivity contribution in [1.29, 1.82) is 0 Å². The number of hydrogen-bond acceptors (Lipinski definition) is 5. The predicted molar refractivity (Wildman–Crippen MR) is 99.4 cm³/mol. The molecule has 1 saturated carbocycles. The Morgan fingerprint density at radius 2 is 1.92 bits per heavy atom. The average Bonchev–Trinajstić information content (AvgIpc) is 2.93. The van der Waals surface area contributed by atoms with E-state index in [0.717, 1.165) is 12.8 Å². The number of ether oxygens (including phenoxy) is 1. The van der Waals surface area contributed by atoms with Crippen molar-refractivity contribution in [2.45, 2.75) is 77.0 Å². The van der Waals surface area contributed by atoms with Crippen LogP contribution >= 0.6 is 0 Å². The molecule has 0 bridgehead atoms. The Hall–Kier alpha value is -1.44. The van der Waals surface area contributed by atoms with E-state index < -0.39 is 29.5 Å². The summed E-state index contributed by atoms with van der Waals surface area (Å²) >= 11 is 0. The van der Waals surface area contributed by atoms with Crippen molar-refractivity contribution in [3.8, 4) is 0 Å². The van der Waals surface area contributed by atoms with Crippen molar-refractivity contribution < 1.29 is 14.9 Å². The molecule has 2 rings (SSSR count). The molecule has 148 valence electrons. The Kier molecular flexibility index (Phi) is 8.06. The Balaban J connectivity index is 2.03. The number of hydrogen-bond donors (Lipinski definition) is 3. The molecular formula is C19H32N2O5. The molecule has 7 heteroatoms. The fraction of sp³-hybridized carbons (Fsp3) is 0.789. The first-order valence-corrected chi connectivity index (χ1v) is 9.72. The molecule has 0 unspecified atom stereocenters. The van der Waals surface area contributed by atoms with E-state index >= 15 is 0 Å². The fourth-order valence-electron chi connectivity index (χ4n) is 3.68. The number of aryl methyl sites for hydroxylation is 1. The molecule has 1 aliphatic carbocycles. The van der Waals surface area contributed by atoms with Gasteiger partial charge in [-0.1, -0.05) is 39.0 Å². The van der Waals surface area contributed by atoms with Gasteiger partial charge < -0.3 is 14.9 Å². The van der Waals surface area contributed by atoms with Crippen LogP contribution in [0.25, 0.3) is 0 Å². The van der Waals surface area contributed by atoms with E-state index in [2.05, 4.69) is 11.9 Å². The molecule has 0 aliphatic heterocycles. The second-order valence-electron chi connectivity index (χ2n) is 7.32. The highest BCUT2D eigenvalue weighted by molar-refractivity contribution is 5.05. The van der Waals surface area contributed by atoms with Gasteiger partial charge in [-0.05, 0) is 19.8 Å². The highest BCUT2D eigenvalue weighted by Crippen LogP contribution is 2.36. The average molecular weight is 368 g/mol. The molecule has 4 atom stereocenters. The standard InChI is InChI=1S/C19H32N2O5/c1-3-4-5-6-7-8-9-26-17-15(10-14(12-22)16(17)23)21-11-13(2)18(24)20-19(21)25/h11,14-17,22-23H,3-10,12H2,1-2H3,(H,20,24,25)/t14-,15-,16-,17-/m1/s1. The number of H-pyrrole nitrogens is 1. The first-order valence-electron chi connectivity index (χ1n) is 9.72. The SMILES string of the molecule is CCCCCCCCO[C@H]1[C@H](O)[C@@H](CO)C[C@H]1n1cc(C)c(=O)[nH]c1=O. The largest absolute Gasteiger partial charge is 0.396 e. The maximum absolute atomic E-state index is 12.2. The van der Waals surface area contributed by atoms with Gasteiger partial charge in [0, 0.05) is 30.9 Å². The summed E-state index contributed by atoms with van der Waals surface area (Å²) < 4.78 is 7.37. The van der Waals surface area contributed by atoms with Crippen LogP contribution in [0.1, 0.15) is 63.5 Å². The summed E-state index contributed by atoms with van der Waals surface area (Å²) in [6.45, 7) is 4.17. The number of aromatic nitrogens is 2. The summed E-state index contributed by atoms with van der Waals surface area (Å²) in [4.78, 5) is 26.1. The van der Waals surface area contributed by atoms with Crippen LogP contribution in [0.2, 0.25) is 0 Å². The lowest BCUT2D eigenvalue weighted by molar-refractivity contribution is -0.0536. The summed E-state index contributed by atoms with van der Waals surface area (Å²) in [5, 5.41) is 20.0. The van der Waals surface area contributed by atoms with Crippen LogP contribution in [-0.2, 0) is 4.74 Å². The van der Waals surface area contributed by atoms with E-state index in [4.69, 9.17) is 4.74 Å². The lowest BCUT2D eigenvalue weighted by Crippen LogP contribution is -2.39. The van der Waals surface area contributed by atoms with Gasteiger partial charge in [0.05, 0.1) is 12.1 Å². The molecule has 0 saturated heterocycles. The van der Waals surface area contributed by atoms with E-state index in [1.165, 1.54) is 36.4 Å². The Morgan fingerprint density at radius 3 is 2.62 bits per heavy atom. The highest BCUT2D eigenvalue weighted by atomic mass is 16.5. The van der Waals surface area contributed by atoms with Gasteiger partial charge in [0.2, 0.25) is 0 Å². The third kappa shape index (κ3) is 5.05. The van der Waals surface area contributed by atoms with Gasteiger partial charge in [-0.15, -0.1) is 0 Å². The Bertz CT molecular complexity index is 669. The number of aliphatic hydroxyl groups is 2. The topological polar surface area (TPSA) is 105 Å².